The maximum absolute atomic E-state index is 13.4. The maximum Gasteiger partial charge on any atom is 0.274 e. The van der Waals surface area contributed by atoms with Crippen molar-refractivity contribution >= 4 is 5.91 Å². The molecule has 27 heavy (non-hydrogen) atoms. The molecule has 3 aliphatic rings. The molecule has 142 valence electrons. The molecule has 5 nitrogen and oxygen atoms in total. The van der Waals surface area contributed by atoms with Crippen LogP contribution in [0.1, 0.15) is 41.9 Å². The van der Waals surface area contributed by atoms with E-state index in [-0.39, 0.29) is 5.91 Å². The van der Waals surface area contributed by atoms with E-state index in [1.807, 2.05) is 23.1 Å². The van der Waals surface area contributed by atoms with Crippen LogP contribution in [0.5, 0.6) is 0 Å². The van der Waals surface area contributed by atoms with Gasteiger partial charge in [0.2, 0.25) is 0 Å². The van der Waals surface area contributed by atoms with Crippen molar-refractivity contribution in [2.24, 2.45) is 11.8 Å². The molecule has 0 radical (unpaired) electrons. The summed E-state index contributed by atoms with van der Waals surface area (Å²) < 4.78 is 7.94. The lowest BCUT2D eigenvalue weighted by Gasteiger charge is -2.23. The lowest BCUT2D eigenvalue weighted by atomic mass is 9.92. The Labute approximate surface area is 160 Å². The van der Waals surface area contributed by atoms with E-state index in [0.717, 1.165) is 75.6 Å². The average molecular weight is 365 g/mol. The first-order valence-corrected chi connectivity index (χ1v) is 10.3. The molecule has 2 unspecified atom stereocenters. The summed E-state index contributed by atoms with van der Waals surface area (Å²) in [6.45, 7) is 4.27. The Morgan fingerprint density at radius 3 is 2.78 bits per heavy atom. The van der Waals surface area contributed by atoms with Gasteiger partial charge in [-0.3, -0.25) is 4.79 Å². The predicted molar refractivity (Wildman–Crippen MR) is 104 cm³/mol. The number of likely N-dealkylation sites (tertiary alicyclic amines) is 1. The molecule has 1 amide bonds. The summed E-state index contributed by atoms with van der Waals surface area (Å²) in [5.41, 5.74) is 2.93. The van der Waals surface area contributed by atoms with Crippen LogP contribution in [-0.2, 0) is 17.7 Å². The lowest BCUT2D eigenvalue weighted by Crippen LogP contribution is -2.30. The van der Waals surface area contributed by atoms with Crippen molar-refractivity contribution in [3.8, 4) is 11.4 Å². The molecule has 1 aromatic carbocycles. The number of aromatic nitrogens is 2. The smallest absolute Gasteiger partial charge is 0.274 e. The van der Waals surface area contributed by atoms with Crippen molar-refractivity contribution < 1.29 is 9.53 Å². The van der Waals surface area contributed by atoms with Gasteiger partial charge in [0.05, 0.1) is 12.3 Å². The van der Waals surface area contributed by atoms with Gasteiger partial charge >= 0.3 is 0 Å². The van der Waals surface area contributed by atoms with Crippen LogP contribution >= 0.6 is 0 Å². The molecule has 0 bridgehead atoms. The second kappa shape index (κ2) is 7.12. The lowest BCUT2D eigenvalue weighted by molar-refractivity contribution is 0.0370. The minimum absolute atomic E-state index is 0.122. The molecule has 2 saturated heterocycles. The highest BCUT2D eigenvalue weighted by Gasteiger charge is 2.39. The number of fused-ring (bicyclic) bond motifs is 2. The van der Waals surface area contributed by atoms with E-state index in [0.29, 0.717) is 17.5 Å². The largest absolute Gasteiger partial charge is 0.381 e. The van der Waals surface area contributed by atoms with Crippen molar-refractivity contribution in [3.63, 3.8) is 0 Å². The number of hydrogen-bond acceptors (Lipinski definition) is 3. The highest BCUT2D eigenvalue weighted by Crippen LogP contribution is 2.33. The molecule has 0 N–H and O–H groups in total. The zero-order valence-corrected chi connectivity index (χ0v) is 15.8. The van der Waals surface area contributed by atoms with Gasteiger partial charge in [-0.25, -0.2) is 4.98 Å². The van der Waals surface area contributed by atoms with Gasteiger partial charge in [0.15, 0.2) is 0 Å². The number of ether oxygens (including phenoxy) is 1. The van der Waals surface area contributed by atoms with Crippen molar-refractivity contribution in [1.82, 2.24) is 14.5 Å². The molecular weight excluding hydrogens is 338 g/mol. The first-order valence-electron chi connectivity index (χ1n) is 10.3. The summed E-state index contributed by atoms with van der Waals surface area (Å²) in [7, 11) is 0. The molecule has 5 rings (SSSR count). The van der Waals surface area contributed by atoms with Gasteiger partial charge in [-0.1, -0.05) is 36.8 Å². The van der Waals surface area contributed by atoms with Gasteiger partial charge in [0.25, 0.3) is 5.91 Å². The fourth-order valence-corrected chi connectivity index (χ4v) is 4.94. The standard InChI is InChI=1S/C22H27N3O2/c26-22(24-13-17-10-12-27-15-18(17)14-24)20-19-9-5-2-6-11-25(19)21(23-20)16-7-3-1-4-8-16/h1,3-4,7-8,17-18H,2,5-6,9-15H2. The number of carbonyl (C=O) groups is 1. The molecule has 2 aromatic rings. The van der Waals surface area contributed by atoms with Crippen LogP contribution in [0.15, 0.2) is 30.3 Å². The van der Waals surface area contributed by atoms with E-state index in [4.69, 9.17) is 9.72 Å². The highest BCUT2D eigenvalue weighted by molar-refractivity contribution is 5.94. The molecule has 4 heterocycles. The number of carbonyl (C=O) groups excluding carboxylic acids is 1. The maximum atomic E-state index is 13.4. The summed E-state index contributed by atoms with van der Waals surface area (Å²) >= 11 is 0. The summed E-state index contributed by atoms with van der Waals surface area (Å²) in [4.78, 5) is 20.4. The average Bonchev–Trinajstić information content (AvgIpc) is 3.22. The number of hydrogen-bond donors (Lipinski definition) is 0. The summed E-state index contributed by atoms with van der Waals surface area (Å²) in [5.74, 6) is 2.17. The van der Waals surface area contributed by atoms with Crippen LogP contribution in [0.4, 0.5) is 0 Å². The van der Waals surface area contributed by atoms with E-state index in [9.17, 15) is 4.79 Å². The van der Waals surface area contributed by atoms with Crippen LogP contribution < -0.4 is 0 Å². The van der Waals surface area contributed by atoms with Crippen LogP contribution in [0.25, 0.3) is 11.4 Å². The van der Waals surface area contributed by atoms with E-state index in [1.165, 1.54) is 6.42 Å². The summed E-state index contributed by atoms with van der Waals surface area (Å²) in [6, 6.07) is 10.3. The fraction of sp³-hybridized carbons (Fsp3) is 0.545. The Morgan fingerprint density at radius 2 is 1.93 bits per heavy atom. The van der Waals surface area contributed by atoms with Crippen molar-refractivity contribution in [2.45, 2.75) is 38.6 Å². The number of imidazole rings is 1. The van der Waals surface area contributed by atoms with Crippen LogP contribution in [0.3, 0.4) is 0 Å². The Balaban J connectivity index is 1.50. The third-order valence-corrected chi connectivity index (χ3v) is 6.43. The minimum Gasteiger partial charge on any atom is -0.381 e. The number of benzene rings is 1. The molecule has 3 aliphatic heterocycles. The second-order valence-corrected chi connectivity index (χ2v) is 8.15. The van der Waals surface area contributed by atoms with Gasteiger partial charge in [-0.15, -0.1) is 0 Å². The SMILES string of the molecule is O=C(c1nc(-c2ccccc2)n2c1CCCCC2)N1CC2CCOCC2C1. The van der Waals surface area contributed by atoms with E-state index in [1.54, 1.807) is 0 Å². The molecule has 0 spiro atoms. The van der Waals surface area contributed by atoms with Crippen molar-refractivity contribution in [3.05, 3.63) is 41.7 Å². The predicted octanol–water partition coefficient (Wildman–Crippen LogP) is 3.39. The van der Waals surface area contributed by atoms with E-state index < -0.39 is 0 Å². The zero-order valence-electron chi connectivity index (χ0n) is 15.8. The monoisotopic (exact) mass is 365 g/mol. The fourth-order valence-electron chi connectivity index (χ4n) is 4.94. The van der Waals surface area contributed by atoms with Gasteiger partial charge in [-0.05, 0) is 31.6 Å². The highest BCUT2D eigenvalue weighted by atomic mass is 16.5. The van der Waals surface area contributed by atoms with Gasteiger partial charge < -0.3 is 14.2 Å². The summed E-state index contributed by atoms with van der Waals surface area (Å²) in [5, 5.41) is 0. The van der Waals surface area contributed by atoms with Crippen molar-refractivity contribution in [2.75, 3.05) is 26.3 Å². The topological polar surface area (TPSA) is 47.4 Å². The first kappa shape index (κ1) is 17.0. The number of nitrogens with zero attached hydrogens (tertiary/aromatic N) is 3. The van der Waals surface area contributed by atoms with Gasteiger partial charge in [0, 0.05) is 37.7 Å². The Morgan fingerprint density at radius 1 is 1.07 bits per heavy atom. The van der Waals surface area contributed by atoms with Gasteiger partial charge in [0.1, 0.15) is 11.5 Å². The van der Waals surface area contributed by atoms with E-state index in [2.05, 4.69) is 16.7 Å². The second-order valence-electron chi connectivity index (χ2n) is 8.15. The van der Waals surface area contributed by atoms with E-state index >= 15 is 0 Å². The Bertz CT molecular complexity index is 816. The van der Waals surface area contributed by atoms with Crippen molar-refractivity contribution in [1.29, 1.82) is 0 Å². The molecule has 1 aromatic heterocycles. The quantitative estimate of drug-likeness (QED) is 0.820. The number of rotatable bonds is 2. The molecule has 0 saturated carbocycles. The third-order valence-electron chi connectivity index (χ3n) is 6.43. The van der Waals surface area contributed by atoms with Crippen LogP contribution in [0.2, 0.25) is 0 Å². The molecule has 5 heteroatoms. The van der Waals surface area contributed by atoms with Gasteiger partial charge in [-0.2, -0.15) is 0 Å². The van der Waals surface area contributed by atoms with Crippen LogP contribution in [-0.4, -0.2) is 46.7 Å². The zero-order chi connectivity index (χ0) is 18.2. The van der Waals surface area contributed by atoms with Crippen LogP contribution in [0, 0.1) is 11.8 Å². The summed E-state index contributed by atoms with van der Waals surface area (Å²) in [6.07, 6.45) is 5.53. The Kier molecular flexibility index (Phi) is 4.48. The molecule has 2 fully saturated rings. The molecule has 2 atom stereocenters. The molecule has 0 aliphatic carbocycles. The molecular formula is C22H27N3O2. The minimum atomic E-state index is 0.122. The third kappa shape index (κ3) is 3.08. The normalized spacial score (nSPS) is 25.0. The number of amides is 1. The Hall–Kier alpha value is -2.14. The first-order chi connectivity index (χ1) is 13.3.